The number of hydrogen-bond acceptors (Lipinski definition) is 4. The molecule has 0 radical (unpaired) electrons. The first kappa shape index (κ1) is 14.9. The van der Waals surface area contributed by atoms with Crippen LogP contribution in [-0.2, 0) is 9.53 Å². The van der Waals surface area contributed by atoms with Crippen molar-refractivity contribution in [2.75, 3.05) is 26.2 Å². The Morgan fingerprint density at radius 1 is 1.37 bits per heavy atom. The van der Waals surface area contributed by atoms with E-state index in [4.69, 9.17) is 4.74 Å². The van der Waals surface area contributed by atoms with Crippen molar-refractivity contribution in [3.05, 3.63) is 0 Å². The van der Waals surface area contributed by atoms with Crippen LogP contribution in [-0.4, -0.2) is 53.7 Å². The van der Waals surface area contributed by atoms with Gasteiger partial charge in [-0.2, -0.15) is 0 Å². The van der Waals surface area contributed by atoms with Crippen LogP contribution in [0, 0.1) is 5.92 Å². The van der Waals surface area contributed by atoms with Crippen LogP contribution in [0.4, 0.5) is 0 Å². The lowest BCUT2D eigenvalue weighted by molar-refractivity contribution is -0.152. The van der Waals surface area contributed by atoms with Crippen LogP contribution >= 0.6 is 0 Å². The van der Waals surface area contributed by atoms with Gasteiger partial charge in [0.1, 0.15) is 5.78 Å². The molecule has 110 valence electrons. The van der Waals surface area contributed by atoms with Gasteiger partial charge in [0.25, 0.3) is 0 Å². The second-order valence-electron chi connectivity index (χ2n) is 6.64. The van der Waals surface area contributed by atoms with Gasteiger partial charge in [-0.3, -0.25) is 9.69 Å². The zero-order valence-electron chi connectivity index (χ0n) is 12.2. The van der Waals surface area contributed by atoms with Crippen molar-refractivity contribution in [1.82, 2.24) is 4.90 Å². The lowest BCUT2D eigenvalue weighted by atomic mass is 9.96. The second-order valence-corrected chi connectivity index (χ2v) is 6.64. The van der Waals surface area contributed by atoms with E-state index in [2.05, 4.69) is 18.7 Å². The molecule has 2 unspecified atom stereocenters. The van der Waals surface area contributed by atoms with Crippen LogP contribution in [0.15, 0.2) is 0 Å². The zero-order valence-corrected chi connectivity index (χ0v) is 12.2. The maximum atomic E-state index is 12.1. The summed E-state index contributed by atoms with van der Waals surface area (Å²) >= 11 is 0. The van der Waals surface area contributed by atoms with E-state index in [1.165, 1.54) is 12.8 Å². The molecule has 2 aliphatic rings. The number of morpholine rings is 1. The van der Waals surface area contributed by atoms with E-state index in [-0.39, 0.29) is 24.2 Å². The van der Waals surface area contributed by atoms with Gasteiger partial charge in [-0.05, 0) is 26.7 Å². The highest BCUT2D eigenvalue weighted by atomic mass is 16.5. The molecule has 0 amide bonds. The van der Waals surface area contributed by atoms with Gasteiger partial charge in [-0.15, -0.1) is 0 Å². The number of ketones is 1. The Kier molecular flexibility index (Phi) is 4.98. The highest BCUT2D eigenvalue weighted by Gasteiger charge is 2.34. The van der Waals surface area contributed by atoms with Crippen LogP contribution in [0.2, 0.25) is 0 Å². The molecule has 4 heteroatoms. The number of ether oxygens (including phenoxy) is 1. The number of rotatable bonds is 3. The summed E-state index contributed by atoms with van der Waals surface area (Å²) in [4.78, 5) is 14.4. The Morgan fingerprint density at radius 2 is 2.16 bits per heavy atom. The molecule has 2 atom stereocenters. The average molecular weight is 269 g/mol. The number of aliphatic hydroxyl groups is 1. The van der Waals surface area contributed by atoms with Crippen LogP contribution in [0.1, 0.15) is 46.0 Å². The molecule has 1 N–H and O–H groups in total. The number of carbonyl (C=O) groups excluding carboxylic acids is 1. The third kappa shape index (κ3) is 4.26. The number of hydrogen-bond donors (Lipinski definition) is 1. The smallest absolute Gasteiger partial charge is 0.137 e. The third-order valence-corrected chi connectivity index (χ3v) is 4.17. The molecule has 1 saturated heterocycles. The monoisotopic (exact) mass is 269 g/mol. The van der Waals surface area contributed by atoms with Gasteiger partial charge in [0, 0.05) is 32.0 Å². The predicted octanol–water partition coefficient (Wildman–Crippen LogP) is 1.61. The molecule has 1 aliphatic carbocycles. The largest absolute Gasteiger partial charge is 0.394 e. The minimum absolute atomic E-state index is 0.0541. The molecule has 19 heavy (non-hydrogen) atoms. The van der Waals surface area contributed by atoms with Gasteiger partial charge >= 0.3 is 0 Å². The lowest BCUT2D eigenvalue weighted by Gasteiger charge is -2.43. The first-order valence-electron chi connectivity index (χ1n) is 7.54. The molecule has 0 aromatic rings. The van der Waals surface area contributed by atoms with E-state index >= 15 is 0 Å². The number of Topliss-reactive ketones (excluding diaryl/α,β-unsaturated/α-hetero) is 1. The van der Waals surface area contributed by atoms with Crippen molar-refractivity contribution >= 4 is 5.78 Å². The van der Waals surface area contributed by atoms with Gasteiger partial charge in [-0.1, -0.05) is 12.8 Å². The fraction of sp³-hybridized carbons (Fsp3) is 0.933. The third-order valence-electron chi connectivity index (χ3n) is 4.17. The van der Waals surface area contributed by atoms with Crippen molar-refractivity contribution in [1.29, 1.82) is 0 Å². The zero-order chi connectivity index (χ0) is 13.9. The van der Waals surface area contributed by atoms with Gasteiger partial charge < -0.3 is 9.84 Å². The normalized spacial score (nSPS) is 33.1. The molecule has 4 nitrogen and oxygen atoms in total. The van der Waals surface area contributed by atoms with Crippen LogP contribution in [0.25, 0.3) is 0 Å². The number of nitrogens with zero attached hydrogens (tertiary/aromatic N) is 1. The van der Waals surface area contributed by atoms with Crippen molar-refractivity contribution in [2.24, 2.45) is 5.92 Å². The molecule has 0 aromatic carbocycles. The molecular weight excluding hydrogens is 242 g/mol. The Hall–Kier alpha value is -0.450. The van der Waals surface area contributed by atoms with E-state index in [1.807, 2.05) is 0 Å². The minimum atomic E-state index is -0.237. The second kappa shape index (κ2) is 6.33. The highest BCUT2D eigenvalue weighted by Crippen LogP contribution is 2.25. The fourth-order valence-corrected chi connectivity index (χ4v) is 3.39. The number of aliphatic hydroxyl groups excluding tert-OH is 1. The summed E-state index contributed by atoms with van der Waals surface area (Å²) in [6, 6.07) is 0. The first-order chi connectivity index (χ1) is 9.00. The molecule has 1 aliphatic heterocycles. The van der Waals surface area contributed by atoms with E-state index in [1.54, 1.807) is 0 Å². The Morgan fingerprint density at radius 3 is 2.89 bits per heavy atom. The van der Waals surface area contributed by atoms with Crippen LogP contribution < -0.4 is 0 Å². The lowest BCUT2D eigenvalue weighted by Crippen LogP contribution is -2.55. The average Bonchev–Trinajstić information content (AvgIpc) is 2.53. The molecule has 0 aromatic heterocycles. The maximum Gasteiger partial charge on any atom is 0.137 e. The van der Waals surface area contributed by atoms with Crippen LogP contribution in [0.3, 0.4) is 0 Å². The molecule has 1 heterocycles. The van der Waals surface area contributed by atoms with E-state index in [9.17, 15) is 9.90 Å². The fourth-order valence-electron chi connectivity index (χ4n) is 3.39. The summed E-state index contributed by atoms with van der Waals surface area (Å²) in [5.41, 5.74) is -0.237. The van der Waals surface area contributed by atoms with E-state index in [0.717, 1.165) is 38.9 Å². The molecule has 0 bridgehead atoms. The van der Waals surface area contributed by atoms with Crippen molar-refractivity contribution in [2.45, 2.75) is 57.7 Å². The Balaban J connectivity index is 1.94. The predicted molar refractivity (Wildman–Crippen MR) is 74.1 cm³/mol. The summed E-state index contributed by atoms with van der Waals surface area (Å²) in [6.07, 6.45) is 5.08. The summed E-state index contributed by atoms with van der Waals surface area (Å²) in [6.45, 7) is 6.57. The highest BCUT2D eigenvalue weighted by molar-refractivity contribution is 5.81. The van der Waals surface area contributed by atoms with Gasteiger partial charge in [0.05, 0.1) is 18.3 Å². The van der Waals surface area contributed by atoms with E-state index in [0.29, 0.717) is 5.78 Å². The van der Waals surface area contributed by atoms with Gasteiger partial charge in [-0.25, -0.2) is 0 Å². The van der Waals surface area contributed by atoms with Crippen molar-refractivity contribution < 1.29 is 14.6 Å². The molecular formula is C15H27NO3. The summed E-state index contributed by atoms with van der Waals surface area (Å²) < 4.78 is 5.82. The quantitative estimate of drug-likeness (QED) is 0.791. The topological polar surface area (TPSA) is 49.8 Å². The standard InChI is InChI=1S/C15H27NO3/c1-15(2)11-16(9-13(10-17)19-15)8-12-6-4-3-5-7-14(12)18/h12-13,17H,3-11H2,1-2H3. The Labute approximate surface area is 116 Å². The first-order valence-corrected chi connectivity index (χ1v) is 7.54. The maximum absolute atomic E-state index is 12.1. The number of carbonyl (C=O) groups is 1. The summed E-state index contributed by atoms with van der Waals surface area (Å²) in [5.74, 6) is 0.623. The minimum Gasteiger partial charge on any atom is -0.394 e. The molecule has 2 rings (SSSR count). The molecule has 1 saturated carbocycles. The molecule has 0 spiro atoms. The van der Waals surface area contributed by atoms with Gasteiger partial charge in [0.2, 0.25) is 0 Å². The Bertz CT molecular complexity index is 317. The summed E-state index contributed by atoms with van der Waals surface area (Å²) in [5, 5.41) is 9.33. The van der Waals surface area contributed by atoms with Crippen molar-refractivity contribution in [3.8, 4) is 0 Å². The van der Waals surface area contributed by atoms with E-state index < -0.39 is 0 Å². The van der Waals surface area contributed by atoms with Gasteiger partial charge in [0.15, 0.2) is 0 Å². The SMILES string of the molecule is CC1(C)CN(CC2CCCCCC2=O)CC(CO)O1. The summed E-state index contributed by atoms with van der Waals surface area (Å²) in [7, 11) is 0. The molecule has 2 fully saturated rings. The van der Waals surface area contributed by atoms with Crippen molar-refractivity contribution in [3.63, 3.8) is 0 Å². The van der Waals surface area contributed by atoms with Crippen LogP contribution in [0.5, 0.6) is 0 Å².